The van der Waals surface area contributed by atoms with E-state index >= 15 is 0 Å². The molecule has 4 unspecified atom stereocenters. The fourth-order valence-electron chi connectivity index (χ4n) is 5.62. The van der Waals surface area contributed by atoms with Crippen LogP contribution >= 0.6 is 7.37 Å². The second kappa shape index (κ2) is 12.3. The molecule has 36 heavy (non-hydrogen) atoms. The van der Waals surface area contributed by atoms with Crippen molar-refractivity contribution < 1.29 is 56.2 Å². The first-order valence-corrected chi connectivity index (χ1v) is 15.8. The van der Waals surface area contributed by atoms with E-state index in [4.69, 9.17) is 0 Å². The monoisotopic (exact) mass is 545 g/mol. The first kappa shape index (κ1) is 29.7. The zero-order valence-corrected chi connectivity index (χ0v) is 24.4. The van der Waals surface area contributed by atoms with E-state index in [1.807, 2.05) is 6.08 Å². The van der Waals surface area contributed by atoms with E-state index in [1.54, 1.807) is 0 Å². The molecule has 4 rings (SSSR count). The Kier molecular flexibility index (Phi) is 10.2. The molecular formula is C26H31F2NNaO4PS. The van der Waals surface area contributed by atoms with E-state index in [9.17, 15) is 26.7 Å². The maximum atomic E-state index is 14.1. The Morgan fingerprint density at radius 2 is 1.69 bits per heavy atom. The molecular weight excluding hydrogens is 514 g/mol. The van der Waals surface area contributed by atoms with Gasteiger partial charge in [0.1, 0.15) is 11.6 Å². The van der Waals surface area contributed by atoms with E-state index in [1.165, 1.54) is 49.1 Å². The number of nitrogens with one attached hydrogen (secondary N) is 1. The second-order valence-electron chi connectivity index (χ2n) is 9.85. The molecule has 2 aromatic carbocycles. The molecule has 2 saturated carbocycles. The summed E-state index contributed by atoms with van der Waals surface area (Å²) in [6.07, 6.45) is 9.37. The Hall–Kier alpha value is -0.860. The number of rotatable bonds is 10. The molecule has 0 amide bonds. The third-order valence-corrected chi connectivity index (χ3v) is 9.91. The SMILES string of the molecule is CP(=O)([O-])CCC/C=C\CC1C2CC[C@@H](C2)C1NS(=O)(=O)c1ccc(-c2c(F)cccc2F)cc1.[Na+]. The van der Waals surface area contributed by atoms with Gasteiger partial charge in [-0.3, -0.25) is 0 Å². The molecule has 10 heteroatoms. The molecule has 1 N–H and O–H groups in total. The molecule has 2 aliphatic rings. The van der Waals surface area contributed by atoms with Gasteiger partial charge >= 0.3 is 29.6 Å². The Morgan fingerprint density at radius 1 is 1.06 bits per heavy atom. The first-order chi connectivity index (χ1) is 16.5. The molecule has 0 heterocycles. The molecule has 0 spiro atoms. The average Bonchev–Trinajstić information content (AvgIpc) is 3.38. The van der Waals surface area contributed by atoms with Crippen LogP contribution in [0.2, 0.25) is 0 Å². The van der Waals surface area contributed by atoms with Gasteiger partial charge in [0.25, 0.3) is 0 Å². The van der Waals surface area contributed by atoms with Gasteiger partial charge in [-0.2, -0.15) is 0 Å². The minimum atomic E-state index is -3.80. The van der Waals surface area contributed by atoms with Crippen LogP contribution in [0.4, 0.5) is 8.78 Å². The maximum Gasteiger partial charge on any atom is 1.00 e. The van der Waals surface area contributed by atoms with Crippen molar-refractivity contribution in [2.24, 2.45) is 17.8 Å². The molecule has 0 aliphatic heterocycles. The normalized spacial score (nSPS) is 25.1. The fraction of sp³-hybridized carbons (Fsp3) is 0.462. The Balaban J connectivity index is 0.00000361. The number of unbranched alkanes of at least 4 members (excludes halogenated alkanes) is 1. The summed E-state index contributed by atoms with van der Waals surface area (Å²) < 4.78 is 68.7. The smallest absolute Gasteiger partial charge is 0.799 e. The molecule has 2 bridgehead atoms. The molecule has 5 nitrogen and oxygen atoms in total. The number of fused-ring (bicyclic) bond motifs is 2. The standard InChI is InChI=1S/C26H32F2NO4PS.Na/c1-34(30,31)16-5-3-2-4-7-22-19-10-11-20(17-19)26(22)29-35(32,33)21-14-12-18(13-15-21)25-23(27)8-6-9-24(25)28;/h2,4,6,8-9,12-15,19-20,22,26,29H,3,5,7,10-11,16-17H2,1H3,(H,30,31);/q;+1/p-1/b4-2-;/t19?,20-,22?,26?;/m0./s1. The summed E-state index contributed by atoms with van der Waals surface area (Å²) in [4.78, 5) is 11.3. The van der Waals surface area contributed by atoms with Crippen molar-refractivity contribution >= 4 is 17.4 Å². The molecule has 0 aromatic heterocycles. The average molecular weight is 546 g/mol. The first-order valence-electron chi connectivity index (χ1n) is 12.0. The van der Waals surface area contributed by atoms with Gasteiger partial charge in [0.2, 0.25) is 10.0 Å². The van der Waals surface area contributed by atoms with Crippen LogP contribution in [0.1, 0.15) is 38.5 Å². The Morgan fingerprint density at radius 3 is 2.33 bits per heavy atom. The van der Waals surface area contributed by atoms with Gasteiger partial charge in [0, 0.05) is 13.4 Å². The molecule has 190 valence electrons. The van der Waals surface area contributed by atoms with E-state index in [2.05, 4.69) is 10.8 Å². The number of halogens is 2. The minimum absolute atomic E-state index is 0. The van der Waals surface area contributed by atoms with Gasteiger partial charge < -0.3 is 9.46 Å². The largest absolute Gasteiger partial charge is 1.00 e. The third kappa shape index (κ3) is 7.16. The molecule has 2 fully saturated rings. The molecule has 2 aliphatic carbocycles. The van der Waals surface area contributed by atoms with Crippen molar-refractivity contribution in [2.45, 2.75) is 49.5 Å². The van der Waals surface area contributed by atoms with Gasteiger partial charge in [-0.05, 0) is 98.9 Å². The van der Waals surface area contributed by atoms with Crippen molar-refractivity contribution in [3.05, 3.63) is 66.3 Å². The summed E-state index contributed by atoms with van der Waals surface area (Å²) in [5.41, 5.74) is 0.0975. The van der Waals surface area contributed by atoms with E-state index in [0.717, 1.165) is 25.7 Å². The number of hydrogen-bond acceptors (Lipinski definition) is 4. The van der Waals surface area contributed by atoms with Crippen molar-refractivity contribution in [1.29, 1.82) is 0 Å². The van der Waals surface area contributed by atoms with Crippen LogP contribution < -0.4 is 39.2 Å². The predicted molar refractivity (Wildman–Crippen MR) is 132 cm³/mol. The van der Waals surface area contributed by atoms with Crippen molar-refractivity contribution in [2.75, 3.05) is 12.8 Å². The van der Waals surface area contributed by atoms with Gasteiger partial charge in [0.05, 0.1) is 10.5 Å². The zero-order chi connectivity index (χ0) is 25.2. The van der Waals surface area contributed by atoms with Crippen molar-refractivity contribution in [3.8, 4) is 11.1 Å². The van der Waals surface area contributed by atoms with Gasteiger partial charge in [-0.15, -0.1) is 0 Å². The molecule has 0 radical (unpaired) electrons. The van der Waals surface area contributed by atoms with Crippen LogP contribution in [0, 0.1) is 29.4 Å². The van der Waals surface area contributed by atoms with Crippen LogP contribution in [0.15, 0.2) is 59.5 Å². The molecule has 2 aromatic rings. The molecule has 0 saturated heterocycles. The summed E-state index contributed by atoms with van der Waals surface area (Å²) in [5.74, 6) is -0.433. The van der Waals surface area contributed by atoms with E-state index in [-0.39, 0.29) is 63.7 Å². The second-order valence-corrected chi connectivity index (χ2v) is 14.0. The van der Waals surface area contributed by atoms with E-state index in [0.29, 0.717) is 24.7 Å². The summed E-state index contributed by atoms with van der Waals surface area (Å²) in [6, 6.07) is 9.07. The number of hydrogen-bond donors (Lipinski definition) is 1. The number of benzene rings is 2. The van der Waals surface area contributed by atoms with Crippen LogP contribution in [0.3, 0.4) is 0 Å². The van der Waals surface area contributed by atoms with Crippen LogP contribution in [0.5, 0.6) is 0 Å². The predicted octanol–water partition coefficient (Wildman–Crippen LogP) is 2.32. The fourth-order valence-corrected chi connectivity index (χ4v) is 7.74. The summed E-state index contributed by atoms with van der Waals surface area (Å²) in [5, 5.41) is 0. The van der Waals surface area contributed by atoms with E-state index < -0.39 is 29.0 Å². The topological polar surface area (TPSA) is 86.3 Å². The van der Waals surface area contributed by atoms with Gasteiger partial charge in [-0.1, -0.05) is 30.4 Å². The van der Waals surface area contributed by atoms with Crippen molar-refractivity contribution in [1.82, 2.24) is 4.72 Å². The van der Waals surface area contributed by atoms with Crippen LogP contribution in [0.25, 0.3) is 11.1 Å². The Bertz CT molecular complexity index is 1210. The quantitative estimate of drug-likeness (QED) is 0.215. The van der Waals surface area contributed by atoms with Gasteiger partial charge in [0.15, 0.2) is 0 Å². The summed E-state index contributed by atoms with van der Waals surface area (Å²) in [7, 11) is -7.03. The van der Waals surface area contributed by atoms with Crippen molar-refractivity contribution in [3.63, 3.8) is 0 Å². The minimum Gasteiger partial charge on any atom is -0.799 e. The Labute approximate surface area is 234 Å². The number of allylic oxidation sites excluding steroid dienone is 2. The van der Waals surface area contributed by atoms with Crippen LogP contribution in [-0.2, 0) is 14.6 Å². The van der Waals surface area contributed by atoms with Crippen LogP contribution in [-0.4, -0.2) is 27.3 Å². The third-order valence-electron chi connectivity index (χ3n) is 7.31. The maximum absolute atomic E-state index is 14.1. The zero-order valence-electron chi connectivity index (χ0n) is 20.7. The summed E-state index contributed by atoms with van der Waals surface area (Å²) in [6.45, 7) is 1.26. The van der Waals surface area contributed by atoms with Gasteiger partial charge in [-0.25, -0.2) is 21.9 Å². The molecule has 5 atom stereocenters. The summed E-state index contributed by atoms with van der Waals surface area (Å²) >= 11 is 0. The number of sulfonamides is 1.